The van der Waals surface area contributed by atoms with Crippen LogP contribution in [0.5, 0.6) is 0 Å². The topological polar surface area (TPSA) is 72.3 Å². The van der Waals surface area contributed by atoms with E-state index in [4.69, 9.17) is 9.84 Å². The predicted molar refractivity (Wildman–Crippen MR) is 61.2 cm³/mol. The number of aliphatic hydroxyl groups excluding tert-OH is 1. The van der Waals surface area contributed by atoms with Gasteiger partial charge in [0.15, 0.2) is 0 Å². The summed E-state index contributed by atoms with van der Waals surface area (Å²) >= 11 is 0. The number of aliphatic hydroxyl groups is 1. The number of rotatable bonds is 1. The largest absolute Gasteiger partial charge is 0.454 e. The smallest absolute Gasteiger partial charge is 0.376 e. The molecule has 5 nitrogen and oxygen atoms in total. The number of hydrogen-bond donors (Lipinski definition) is 1. The van der Waals surface area contributed by atoms with Crippen molar-refractivity contribution in [2.45, 2.75) is 26.4 Å². The molecule has 1 rings (SSSR count). The molecule has 1 heterocycles. The van der Waals surface area contributed by atoms with E-state index < -0.39 is 11.6 Å². The number of esters is 1. The van der Waals surface area contributed by atoms with E-state index in [9.17, 15) is 4.79 Å². The fourth-order valence-electron chi connectivity index (χ4n) is 0.963. The van der Waals surface area contributed by atoms with Gasteiger partial charge < -0.3 is 9.84 Å². The van der Waals surface area contributed by atoms with Gasteiger partial charge >= 0.3 is 5.97 Å². The van der Waals surface area contributed by atoms with Crippen LogP contribution < -0.4 is 0 Å². The highest BCUT2D eigenvalue weighted by atomic mass is 16.6. The van der Waals surface area contributed by atoms with Gasteiger partial charge in [-0.3, -0.25) is 0 Å². The summed E-state index contributed by atoms with van der Waals surface area (Å²) in [6, 6.07) is 0. The average molecular weight is 234 g/mol. The zero-order valence-electron chi connectivity index (χ0n) is 10.0. The van der Waals surface area contributed by atoms with Crippen LogP contribution in [0.15, 0.2) is 12.4 Å². The van der Waals surface area contributed by atoms with Gasteiger partial charge in [-0.2, -0.15) is 0 Å². The predicted octanol–water partition coefficient (Wildman–Crippen LogP) is 0.776. The van der Waals surface area contributed by atoms with E-state index in [1.54, 1.807) is 20.8 Å². The van der Waals surface area contributed by atoms with E-state index in [1.165, 1.54) is 12.4 Å². The highest BCUT2D eigenvalue weighted by molar-refractivity contribution is 5.85. The van der Waals surface area contributed by atoms with Crippen molar-refractivity contribution in [2.75, 3.05) is 6.61 Å². The zero-order chi connectivity index (χ0) is 12.9. The second-order valence-corrected chi connectivity index (χ2v) is 4.26. The monoisotopic (exact) mass is 234 g/mol. The first-order chi connectivity index (χ1) is 7.92. The van der Waals surface area contributed by atoms with Crippen LogP contribution in [0.1, 0.15) is 37.0 Å². The number of nitrogens with zero attached hydrogens (tertiary/aromatic N) is 2. The zero-order valence-corrected chi connectivity index (χ0v) is 10.0. The molecule has 1 N–H and O–H groups in total. The van der Waals surface area contributed by atoms with Gasteiger partial charge in [0.1, 0.15) is 12.2 Å². The van der Waals surface area contributed by atoms with Crippen molar-refractivity contribution >= 4 is 5.97 Å². The number of hydrogen-bond acceptors (Lipinski definition) is 5. The lowest BCUT2D eigenvalue weighted by molar-refractivity contribution is 0.00555. The number of aromatic nitrogens is 2. The quantitative estimate of drug-likeness (QED) is 0.574. The van der Waals surface area contributed by atoms with E-state index >= 15 is 0 Å². The Bertz CT molecular complexity index is 449. The molecule has 17 heavy (non-hydrogen) atoms. The normalized spacial score (nSPS) is 10.4. The molecule has 0 unspecified atom stereocenters. The Balaban J connectivity index is 2.77. The molecule has 1 aromatic rings. The summed E-state index contributed by atoms with van der Waals surface area (Å²) in [7, 11) is 0. The molecule has 0 aromatic carbocycles. The lowest BCUT2D eigenvalue weighted by atomic mass is 10.2. The minimum Gasteiger partial charge on any atom is -0.454 e. The summed E-state index contributed by atoms with van der Waals surface area (Å²) in [5, 5.41) is 8.51. The van der Waals surface area contributed by atoms with Gasteiger partial charge in [0.05, 0.1) is 5.56 Å². The molecule has 1 aromatic heterocycles. The highest BCUT2D eigenvalue weighted by Crippen LogP contribution is 2.09. The van der Waals surface area contributed by atoms with E-state index in [0.717, 1.165) is 0 Å². The Morgan fingerprint density at radius 2 is 2.00 bits per heavy atom. The molecule has 0 aliphatic rings. The van der Waals surface area contributed by atoms with Crippen molar-refractivity contribution in [3.63, 3.8) is 0 Å². The van der Waals surface area contributed by atoms with Crippen molar-refractivity contribution in [3.8, 4) is 11.8 Å². The molecule has 0 fully saturated rings. The summed E-state index contributed by atoms with van der Waals surface area (Å²) in [4.78, 5) is 19.3. The Labute approximate surface area is 99.9 Å². The third-order valence-electron chi connectivity index (χ3n) is 1.55. The fourth-order valence-corrected chi connectivity index (χ4v) is 0.963. The summed E-state index contributed by atoms with van der Waals surface area (Å²) in [5.41, 5.74) is -0.0399. The third kappa shape index (κ3) is 4.62. The standard InChI is InChI=1S/C12H14N2O3/c1-12(2,3)17-11(16)10-13-7-9(8-14-10)5-4-6-15/h7-8,15H,6H2,1-3H3. The Hall–Kier alpha value is -1.93. The summed E-state index contributed by atoms with van der Waals surface area (Å²) in [6.45, 7) is 5.08. The van der Waals surface area contributed by atoms with Gasteiger partial charge in [-0.25, -0.2) is 14.8 Å². The molecule has 0 aliphatic heterocycles. The molecule has 0 spiro atoms. The SMILES string of the molecule is CC(C)(C)OC(=O)c1ncc(C#CCO)cn1. The van der Waals surface area contributed by atoms with Crippen molar-refractivity contribution in [2.24, 2.45) is 0 Å². The molecule has 0 aliphatic carbocycles. The lowest BCUT2D eigenvalue weighted by Crippen LogP contribution is -2.25. The Kier molecular flexibility index (Phi) is 4.18. The van der Waals surface area contributed by atoms with Gasteiger partial charge in [-0.05, 0) is 20.8 Å². The van der Waals surface area contributed by atoms with Crippen LogP contribution in [-0.4, -0.2) is 33.3 Å². The Morgan fingerprint density at radius 3 is 2.47 bits per heavy atom. The van der Waals surface area contributed by atoms with Crippen LogP contribution in [0.25, 0.3) is 0 Å². The fraction of sp³-hybridized carbons (Fsp3) is 0.417. The van der Waals surface area contributed by atoms with Gasteiger partial charge in [0.25, 0.3) is 0 Å². The van der Waals surface area contributed by atoms with Crippen LogP contribution in [0, 0.1) is 11.8 Å². The van der Waals surface area contributed by atoms with Crippen LogP contribution in [0.3, 0.4) is 0 Å². The number of ether oxygens (including phenoxy) is 1. The first-order valence-corrected chi connectivity index (χ1v) is 5.07. The van der Waals surface area contributed by atoms with Crippen LogP contribution in [0.4, 0.5) is 0 Å². The lowest BCUT2D eigenvalue weighted by Gasteiger charge is -2.18. The van der Waals surface area contributed by atoms with E-state index in [2.05, 4.69) is 21.8 Å². The second kappa shape index (κ2) is 5.41. The van der Waals surface area contributed by atoms with Crippen LogP contribution in [0.2, 0.25) is 0 Å². The Morgan fingerprint density at radius 1 is 1.41 bits per heavy atom. The molecule has 5 heteroatoms. The molecule has 0 radical (unpaired) electrons. The van der Waals surface area contributed by atoms with E-state index in [1.807, 2.05) is 0 Å². The number of carbonyl (C=O) groups is 1. The molecule has 0 amide bonds. The summed E-state index contributed by atoms with van der Waals surface area (Å²) < 4.78 is 5.10. The molecule has 0 saturated heterocycles. The minimum atomic E-state index is -0.574. The number of carbonyl (C=O) groups excluding carboxylic acids is 1. The van der Waals surface area contributed by atoms with Crippen molar-refractivity contribution in [3.05, 3.63) is 23.8 Å². The first-order valence-electron chi connectivity index (χ1n) is 5.07. The summed E-state index contributed by atoms with van der Waals surface area (Å²) in [5.74, 6) is 4.52. The molecule has 0 saturated carbocycles. The molecular weight excluding hydrogens is 220 g/mol. The molecule has 90 valence electrons. The van der Waals surface area contributed by atoms with Crippen molar-refractivity contribution in [1.29, 1.82) is 0 Å². The van der Waals surface area contributed by atoms with Gasteiger partial charge in [0, 0.05) is 12.4 Å². The maximum Gasteiger partial charge on any atom is 0.376 e. The van der Waals surface area contributed by atoms with Crippen LogP contribution in [-0.2, 0) is 4.74 Å². The average Bonchev–Trinajstić information content (AvgIpc) is 2.24. The first kappa shape index (κ1) is 13.1. The second-order valence-electron chi connectivity index (χ2n) is 4.26. The molecule has 0 atom stereocenters. The van der Waals surface area contributed by atoms with E-state index in [0.29, 0.717) is 5.56 Å². The van der Waals surface area contributed by atoms with E-state index in [-0.39, 0.29) is 12.4 Å². The molecular formula is C12H14N2O3. The maximum atomic E-state index is 11.6. The minimum absolute atomic E-state index is 0.00512. The van der Waals surface area contributed by atoms with Crippen molar-refractivity contribution < 1.29 is 14.6 Å². The van der Waals surface area contributed by atoms with Gasteiger partial charge in [-0.1, -0.05) is 11.8 Å². The van der Waals surface area contributed by atoms with Crippen LogP contribution >= 0.6 is 0 Å². The van der Waals surface area contributed by atoms with Crippen molar-refractivity contribution in [1.82, 2.24) is 9.97 Å². The highest BCUT2D eigenvalue weighted by Gasteiger charge is 2.19. The summed E-state index contributed by atoms with van der Waals surface area (Å²) in [6.07, 6.45) is 2.82. The van der Waals surface area contributed by atoms with Gasteiger partial charge in [0.2, 0.25) is 5.82 Å². The van der Waals surface area contributed by atoms with Gasteiger partial charge in [-0.15, -0.1) is 0 Å². The molecule has 0 bridgehead atoms. The maximum absolute atomic E-state index is 11.6. The third-order valence-corrected chi connectivity index (χ3v) is 1.55.